The highest BCUT2D eigenvalue weighted by molar-refractivity contribution is 5.93. The van der Waals surface area contributed by atoms with Gasteiger partial charge in [-0.1, -0.05) is 19.1 Å². The van der Waals surface area contributed by atoms with E-state index >= 15 is 0 Å². The molecule has 1 unspecified atom stereocenters. The molecule has 142 valence electrons. The summed E-state index contributed by atoms with van der Waals surface area (Å²) in [7, 11) is 0. The first kappa shape index (κ1) is 19.9. The predicted molar refractivity (Wildman–Crippen MR) is 102 cm³/mol. The summed E-state index contributed by atoms with van der Waals surface area (Å²) >= 11 is 0. The lowest BCUT2D eigenvalue weighted by Crippen LogP contribution is -2.55. The third-order valence-electron chi connectivity index (χ3n) is 4.66. The molecule has 1 heterocycles. The van der Waals surface area contributed by atoms with Gasteiger partial charge in [-0.15, -0.1) is 5.10 Å². The van der Waals surface area contributed by atoms with Gasteiger partial charge >= 0.3 is 0 Å². The first-order chi connectivity index (χ1) is 12.2. The fourth-order valence-corrected chi connectivity index (χ4v) is 2.47. The molecule has 26 heavy (non-hydrogen) atoms. The van der Waals surface area contributed by atoms with E-state index in [1.165, 1.54) is 0 Å². The van der Waals surface area contributed by atoms with Crippen molar-refractivity contribution in [3.63, 3.8) is 0 Å². The molecule has 7 heteroatoms. The highest BCUT2D eigenvalue weighted by Crippen LogP contribution is 2.19. The second kappa shape index (κ2) is 7.86. The number of aromatic nitrogens is 3. The second-order valence-electron chi connectivity index (χ2n) is 7.33. The molecule has 0 aliphatic rings. The smallest absolute Gasteiger partial charge is 0.274 e. The molecule has 3 N–H and O–H groups in total. The van der Waals surface area contributed by atoms with Crippen molar-refractivity contribution in [1.82, 2.24) is 20.3 Å². The number of carbonyl (C=O) groups excluding carboxylic acids is 1. The first-order valence-electron chi connectivity index (χ1n) is 8.90. The number of nitrogens with zero attached hydrogens (tertiary/aromatic N) is 3. The van der Waals surface area contributed by atoms with Gasteiger partial charge in [0.2, 0.25) is 0 Å². The molecule has 2 rings (SSSR count). The van der Waals surface area contributed by atoms with E-state index in [1.807, 2.05) is 65.8 Å². The Morgan fingerprint density at radius 2 is 1.88 bits per heavy atom. The van der Waals surface area contributed by atoms with E-state index in [-0.39, 0.29) is 17.9 Å². The molecule has 0 aliphatic carbocycles. The zero-order valence-electron chi connectivity index (χ0n) is 16.4. The molecule has 7 nitrogen and oxygen atoms in total. The van der Waals surface area contributed by atoms with Gasteiger partial charge in [0.05, 0.1) is 23.0 Å². The number of carbonyl (C=O) groups is 1. The number of hydrogen-bond acceptors (Lipinski definition) is 5. The minimum absolute atomic E-state index is 0.113. The van der Waals surface area contributed by atoms with Gasteiger partial charge in [-0.3, -0.25) is 4.79 Å². The van der Waals surface area contributed by atoms with E-state index in [0.29, 0.717) is 17.9 Å². The number of amides is 1. The Hall–Kier alpha value is -2.41. The highest BCUT2D eigenvalue weighted by atomic mass is 16.5. The number of nitrogens with two attached hydrogens (primary N) is 1. The third kappa shape index (κ3) is 4.22. The molecule has 0 bridgehead atoms. The van der Waals surface area contributed by atoms with Crippen LogP contribution in [-0.4, -0.2) is 39.1 Å². The Labute approximate surface area is 154 Å². The van der Waals surface area contributed by atoms with Crippen LogP contribution in [0, 0.1) is 12.8 Å². The lowest BCUT2D eigenvalue weighted by molar-refractivity contribution is 0.0877. The van der Waals surface area contributed by atoms with Gasteiger partial charge in [-0.25, -0.2) is 4.68 Å². The highest BCUT2D eigenvalue weighted by Gasteiger charge is 2.30. The van der Waals surface area contributed by atoms with Crippen molar-refractivity contribution >= 4 is 5.91 Å². The molecule has 1 amide bonds. The van der Waals surface area contributed by atoms with Crippen molar-refractivity contribution in [2.75, 3.05) is 6.54 Å². The van der Waals surface area contributed by atoms with Crippen molar-refractivity contribution in [1.29, 1.82) is 0 Å². The summed E-state index contributed by atoms with van der Waals surface area (Å²) in [6.07, 6.45) is 0.113. The van der Waals surface area contributed by atoms with E-state index < -0.39 is 5.54 Å². The number of rotatable bonds is 7. The van der Waals surface area contributed by atoms with Crippen LogP contribution in [0.15, 0.2) is 24.3 Å². The molecular weight excluding hydrogens is 330 g/mol. The Balaban J connectivity index is 2.23. The molecule has 1 aromatic carbocycles. The van der Waals surface area contributed by atoms with E-state index in [4.69, 9.17) is 10.5 Å². The summed E-state index contributed by atoms with van der Waals surface area (Å²) in [4.78, 5) is 12.7. The lowest BCUT2D eigenvalue weighted by Gasteiger charge is -2.33. The normalized spacial score (nSPS) is 13.7. The van der Waals surface area contributed by atoms with Gasteiger partial charge in [0, 0.05) is 6.54 Å². The van der Waals surface area contributed by atoms with Gasteiger partial charge in [-0.05, 0) is 57.9 Å². The average molecular weight is 359 g/mol. The summed E-state index contributed by atoms with van der Waals surface area (Å²) in [5.74, 6) is 0.714. The SMILES string of the molecule is Cc1c(C(=O)NC(C)(CN)C(C)C)nnn1-c1ccc(OC(C)C)cc1. The van der Waals surface area contributed by atoms with Crippen LogP contribution in [0.5, 0.6) is 5.75 Å². The van der Waals surface area contributed by atoms with E-state index in [1.54, 1.807) is 4.68 Å². The molecule has 0 radical (unpaired) electrons. The van der Waals surface area contributed by atoms with Crippen LogP contribution in [0.3, 0.4) is 0 Å². The summed E-state index contributed by atoms with van der Waals surface area (Å²) in [5, 5.41) is 11.2. The van der Waals surface area contributed by atoms with Crippen LogP contribution < -0.4 is 15.8 Å². The van der Waals surface area contributed by atoms with E-state index in [9.17, 15) is 4.79 Å². The van der Waals surface area contributed by atoms with Crippen molar-refractivity contribution in [3.05, 3.63) is 35.7 Å². The Morgan fingerprint density at radius 1 is 1.27 bits per heavy atom. The monoisotopic (exact) mass is 359 g/mol. The van der Waals surface area contributed by atoms with E-state index in [2.05, 4.69) is 15.6 Å². The van der Waals surface area contributed by atoms with Crippen LogP contribution in [0.2, 0.25) is 0 Å². The molecule has 2 aromatic rings. The van der Waals surface area contributed by atoms with Crippen LogP contribution in [0.4, 0.5) is 0 Å². The van der Waals surface area contributed by atoms with Crippen molar-refractivity contribution in [3.8, 4) is 11.4 Å². The molecule has 0 spiro atoms. The van der Waals surface area contributed by atoms with Crippen molar-refractivity contribution < 1.29 is 9.53 Å². The Bertz CT molecular complexity index is 752. The van der Waals surface area contributed by atoms with Crippen molar-refractivity contribution in [2.45, 2.75) is 53.2 Å². The van der Waals surface area contributed by atoms with Crippen LogP contribution in [-0.2, 0) is 0 Å². The maximum Gasteiger partial charge on any atom is 0.274 e. The maximum atomic E-state index is 12.7. The standard InChI is InChI=1S/C19H29N5O2/c1-12(2)19(6,11-20)21-18(25)17-14(5)24(23-22-17)15-7-9-16(10-8-15)26-13(3)4/h7-10,12-13H,11,20H2,1-6H3,(H,21,25). The zero-order valence-corrected chi connectivity index (χ0v) is 16.4. The number of hydrogen-bond donors (Lipinski definition) is 2. The maximum absolute atomic E-state index is 12.7. The lowest BCUT2D eigenvalue weighted by atomic mass is 9.88. The molecule has 1 aromatic heterocycles. The minimum atomic E-state index is -0.497. The molecule has 0 fully saturated rings. The van der Waals surface area contributed by atoms with Gasteiger partial charge in [-0.2, -0.15) is 0 Å². The topological polar surface area (TPSA) is 95.1 Å². The quantitative estimate of drug-likeness (QED) is 0.792. The third-order valence-corrected chi connectivity index (χ3v) is 4.66. The summed E-state index contributed by atoms with van der Waals surface area (Å²) in [6.45, 7) is 12.1. The Morgan fingerprint density at radius 3 is 2.38 bits per heavy atom. The molecule has 0 saturated carbocycles. The fourth-order valence-electron chi connectivity index (χ4n) is 2.47. The van der Waals surface area contributed by atoms with Crippen LogP contribution in [0.25, 0.3) is 5.69 Å². The molecule has 1 atom stereocenters. The average Bonchev–Trinajstić information content (AvgIpc) is 2.96. The zero-order chi connectivity index (χ0) is 19.5. The summed E-state index contributed by atoms with van der Waals surface area (Å²) in [6, 6.07) is 7.53. The van der Waals surface area contributed by atoms with Crippen molar-refractivity contribution in [2.24, 2.45) is 11.7 Å². The molecular formula is C19H29N5O2. The number of ether oxygens (including phenoxy) is 1. The van der Waals surface area contributed by atoms with Gasteiger partial charge in [0.1, 0.15) is 5.75 Å². The van der Waals surface area contributed by atoms with E-state index in [0.717, 1.165) is 11.4 Å². The number of benzene rings is 1. The Kier molecular flexibility index (Phi) is 6.02. The fraction of sp³-hybridized carbons (Fsp3) is 0.526. The minimum Gasteiger partial charge on any atom is -0.491 e. The van der Waals surface area contributed by atoms with Crippen LogP contribution in [0.1, 0.15) is 50.8 Å². The largest absolute Gasteiger partial charge is 0.491 e. The van der Waals surface area contributed by atoms with Gasteiger partial charge in [0.25, 0.3) is 5.91 Å². The number of nitrogens with one attached hydrogen (secondary N) is 1. The molecule has 0 aliphatic heterocycles. The van der Waals surface area contributed by atoms with Gasteiger partial charge in [0.15, 0.2) is 5.69 Å². The van der Waals surface area contributed by atoms with Crippen LogP contribution >= 0.6 is 0 Å². The molecule has 0 saturated heterocycles. The predicted octanol–water partition coefficient (Wildman–Crippen LogP) is 2.47. The first-order valence-corrected chi connectivity index (χ1v) is 8.90. The summed E-state index contributed by atoms with van der Waals surface area (Å²) in [5.41, 5.74) is 7.14. The van der Waals surface area contributed by atoms with Gasteiger partial charge < -0.3 is 15.8 Å². The second-order valence-corrected chi connectivity index (χ2v) is 7.33. The summed E-state index contributed by atoms with van der Waals surface area (Å²) < 4.78 is 7.29.